The van der Waals surface area contributed by atoms with E-state index in [1.54, 1.807) is 10.7 Å². The first-order chi connectivity index (χ1) is 11.6. The molecule has 0 aromatic carbocycles. The molecule has 2 aromatic rings. The number of rotatable bonds is 2. The molecule has 0 unspecified atom stereocenters. The van der Waals surface area contributed by atoms with Crippen LogP contribution in [0.15, 0.2) is 18.5 Å². The van der Waals surface area contributed by atoms with Crippen molar-refractivity contribution in [1.82, 2.24) is 24.4 Å². The molecule has 0 saturated carbocycles. The molecule has 2 bridgehead atoms. The Balaban J connectivity index is 1.64. The molecule has 2 aromatic heterocycles. The molecule has 1 amide bonds. The zero-order valence-corrected chi connectivity index (χ0v) is 14.6. The van der Waals surface area contributed by atoms with Crippen molar-refractivity contribution in [3.8, 4) is 0 Å². The van der Waals surface area contributed by atoms with Crippen LogP contribution in [0, 0.1) is 6.92 Å². The summed E-state index contributed by atoms with van der Waals surface area (Å²) >= 11 is 0. The van der Waals surface area contributed by atoms with Gasteiger partial charge in [-0.1, -0.05) is 0 Å². The van der Waals surface area contributed by atoms with Crippen LogP contribution in [0.1, 0.15) is 49.2 Å². The van der Waals surface area contributed by atoms with Crippen LogP contribution in [-0.4, -0.2) is 61.5 Å². The Hall–Kier alpha value is -1.95. The molecular formula is C18H25N5O. The first-order valence-electron chi connectivity index (χ1n) is 8.93. The van der Waals surface area contributed by atoms with Crippen molar-refractivity contribution < 1.29 is 4.79 Å². The number of aryl methyl sites for hydroxylation is 1. The van der Waals surface area contributed by atoms with Gasteiger partial charge >= 0.3 is 0 Å². The molecule has 2 aliphatic heterocycles. The lowest BCUT2D eigenvalue weighted by atomic mass is 10.1. The Morgan fingerprint density at radius 2 is 2.04 bits per heavy atom. The van der Waals surface area contributed by atoms with E-state index in [0.717, 1.165) is 25.2 Å². The van der Waals surface area contributed by atoms with E-state index >= 15 is 0 Å². The zero-order chi connectivity index (χ0) is 16.8. The number of hydrogen-bond acceptors (Lipinski definition) is 4. The maximum atomic E-state index is 13.2. The molecule has 0 N–H and O–H groups in total. The number of likely N-dealkylation sites (tertiary alicyclic amines) is 1. The molecule has 6 heteroatoms. The number of aromatic nitrogens is 3. The van der Waals surface area contributed by atoms with Crippen LogP contribution in [-0.2, 0) is 0 Å². The number of nitrogens with zero attached hydrogens (tertiary/aromatic N) is 5. The molecule has 2 fully saturated rings. The summed E-state index contributed by atoms with van der Waals surface area (Å²) in [5.74, 6) is 0.0810. The van der Waals surface area contributed by atoms with E-state index in [2.05, 4.69) is 28.8 Å². The Labute approximate surface area is 142 Å². The quantitative estimate of drug-likeness (QED) is 0.848. The fourth-order valence-corrected chi connectivity index (χ4v) is 4.54. The number of carbonyl (C=O) groups excluding carboxylic acids is 1. The van der Waals surface area contributed by atoms with E-state index in [1.165, 1.54) is 12.8 Å². The van der Waals surface area contributed by atoms with Crippen molar-refractivity contribution in [3.63, 3.8) is 0 Å². The fourth-order valence-electron chi connectivity index (χ4n) is 4.54. The molecule has 24 heavy (non-hydrogen) atoms. The van der Waals surface area contributed by atoms with Crippen LogP contribution >= 0.6 is 0 Å². The molecule has 2 saturated heterocycles. The van der Waals surface area contributed by atoms with Gasteiger partial charge in [-0.3, -0.25) is 9.69 Å². The Bertz CT molecular complexity index is 768. The van der Waals surface area contributed by atoms with Crippen molar-refractivity contribution in [2.24, 2.45) is 0 Å². The largest absolute Gasteiger partial charge is 0.337 e. The van der Waals surface area contributed by atoms with E-state index in [4.69, 9.17) is 0 Å². The summed E-state index contributed by atoms with van der Waals surface area (Å²) in [6.07, 6.45) is 7.09. The van der Waals surface area contributed by atoms with Gasteiger partial charge in [0.15, 0.2) is 5.65 Å². The van der Waals surface area contributed by atoms with E-state index in [-0.39, 0.29) is 5.91 Å². The predicted octanol–water partition coefficient (Wildman–Crippen LogP) is 2.13. The first-order valence-corrected chi connectivity index (χ1v) is 8.93. The summed E-state index contributed by atoms with van der Waals surface area (Å²) in [4.78, 5) is 22.2. The third kappa shape index (κ3) is 2.40. The summed E-state index contributed by atoms with van der Waals surface area (Å²) in [6.45, 7) is 8.07. The van der Waals surface area contributed by atoms with Crippen molar-refractivity contribution in [2.75, 3.05) is 13.1 Å². The average Bonchev–Trinajstić information content (AvgIpc) is 3.02. The average molecular weight is 327 g/mol. The van der Waals surface area contributed by atoms with Crippen LogP contribution < -0.4 is 0 Å². The minimum absolute atomic E-state index is 0.0810. The highest BCUT2D eigenvalue weighted by atomic mass is 16.2. The Morgan fingerprint density at radius 1 is 1.25 bits per heavy atom. The third-order valence-corrected chi connectivity index (χ3v) is 5.51. The SMILES string of the molecule is Cc1nn2cccnc2c1C(=O)N1CC[C@H]2CC[C@@H](C1)N2C(C)C. The predicted molar refractivity (Wildman–Crippen MR) is 92.0 cm³/mol. The number of hydrogen-bond donors (Lipinski definition) is 0. The van der Waals surface area contributed by atoms with Crippen LogP contribution in [0.3, 0.4) is 0 Å². The van der Waals surface area contributed by atoms with Gasteiger partial charge in [0.05, 0.1) is 5.69 Å². The van der Waals surface area contributed by atoms with Gasteiger partial charge in [-0.25, -0.2) is 9.50 Å². The van der Waals surface area contributed by atoms with Gasteiger partial charge in [0.2, 0.25) is 0 Å². The maximum absolute atomic E-state index is 13.2. The molecule has 4 rings (SSSR count). The minimum Gasteiger partial charge on any atom is -0.337 e. The lowest BCUT2D eigenvalue weighted by Gasteiger charge is -2.32. The zero-order valence-electron chi connectivity index (χ0n) is 14.6. The normalized spacial score (nSPS) is 24.8. The lowest BCUT2D eigenvalue weighted by Crippen LogP contribution is -2.44. The number of carbonyl (C=O) groups is 1. The first kappa shape index (κ1) is 15.6. The monoisotopic (exact) mass is 327 g/mol. The summed E-state index contributed by atoms with van der Waals surface area (Å²) in [5.41, 5.74) is 2.08. The maximum Gasteiger partial charge on any atom is 0.259 e. The molecule has 4 heterocycles. The van der Waals surface area contributed by atoms with Crippen LogP contribution in [0.5, 0.6) is 0 Å². The van der Waals surface area contributed by atoms with Crippen LogP contribution in [0.4, 0.5) is 0 Å². The van der Waals surface area contributed by atoms with Gasteiger partial charge < -0.3 is 4.90 Å². The van der Waals surface area contributed by atoms with Gasteiger partial charge in [-0.15, -0.1) is 0 Å². The number of amides is 1. The van der Waals surface area contributed by atoms with Gasteiger partial charge in [-0.2, -0.15) is 5.10 Å². The second-order valence-corrected chi connectivity index (χ2v) is 7.31. The van der Waals surface area contributed by atoms with Crippen molar-refractivity contribution in [2.45, 2.75) is 58.2 Å². The van der Waals surface area contributed by atoms with Gasteiger partial charge in [0, 0.05) is 43.6 Å². The fraction of sp³-hybridized carbons (Fsp3) is 0.611. The second kappa shape index (κ2) is 5.84. The Kier molecular flexibility index (Phi) is 3.79. The molecule has 6 nitrogen and oxygen atoms in total. The van der Waals surface area contributed by atoms with Crippen molar-refractivity contribution >= 4 is 11.6 Å². The van der Waals surface area contributed by atoms with Crippen molar-refractivity contribution in [1.29, 1.82) is 0 Å². The van der Waals surface area contributed by atoms with Gasteiger partial charge in [0.1, 0.15) is 5.56 Å². The molecular weight excluding hydrogens is 302 g/mol. The second-order valence-electron chi connectivity index (χ2n) is 7.31. The van der Waals surface area contributed by atoms with Crippen LogP contribution in [0.25, 0.3) is 5.65 Å². The van der Waals surface area contributed by atoms with Crippen LogP contribution in [0.2, 0.25) is 0 Å². The molecule has 2 atom stereocenters. The van der Waals surface area contributed by atoms with E-state index in [9.17, 15) is 4.79 Å². The highest BCUT2D eigenvalue weighted by Gasteiger charge is 2.40. The summed E-state index contributed by atoms with van der Waals surface area (Å²) in [6, 6.07) is 3.48. The highest BCUT2D eigenvalue weighted by molar-refractivity contribution is 6.01. The van der Waals surface area contributed by atoms with Crippen molar-refractivity contribution in [3.05, 3.63) is 29.7 Å². The highest BCUT2D eigenvalue weighted by Crippen LogP contribution is 2.32. The summed E-state index contributed by atoms with van der Waals surface area (Å²) in [7, 11) is 0. The molecule has 128 valence electrons. The number of fused-ring (bicyclic) bond motifs is 3. The van der Waals surface area contributed by atoms with E-state index < -0.39 is 0 Å². The molecule has 0 spiro atoms. The van der Waals surface area contributed by atoms with Gasteiger partial charge in [0.25, 0.3) is 5.91 Å². The summed E-state index contributed by atoms with van der Waals surface area (Å²) in [5, 5.41) is 4.44. The topological polar surface area (TPSA) is 53.7 Å². The molecule has 0 radical (unpaired) electrons. The van der Waals surface area contributed by atoms with E-state index in [0.29, 0.717) is 29.3 Å². The van der Waals surface area contributed by atoms with E-state index in [1.807, 2.05) is 24.1 Å². The minimum atomic E-state index is 0.0810. The van der Waals surface area contributed by atoms with Gasteiger partial charge in [-0.05, 0) is 46.1 Å². The molecule has 0 aliphatic carbocycles. The lowest BCUT2D eigenvalue weighted by molar-refractivity contribution is 0.0729. The third-order valence-electron chi connectivity index (χ3n) is 5.51. The molecule has 2 aliphatic rings. The standard InChI is InChI=1S/C18H25N5O/c1-12(2)23-14-5-6-15(23)11-21(10-7-14)18(24)16-13(3)20-22-9-4-8-19-17(16)22/h4,8-9,12,14-15H,5-7,10-11H2,1-3H3/t14-,15+/m1/s1. The summed E-state index contributed by atoms with van der Waals surface area (Å²) < 4.78 is 1.70. The Morgan fingerprint density at radius 3 is 2.83 bits per heavy atom. The smallest absolute Gasteiger partial charge is 0.259 e.